The number of carbonyl (C=O) groups is 1. The van der Waals surface area contributed by atoms with Crippen LogP contribution in [-0.2, 0) is 0 Å². The fraction of sp³-hybridized carbons (Fsp3) is 0.615. The summed E-state index contributed by atoms with van der Waals surface area (Å²) in [5.41, 5.74) is 0. The first-order chi connectivity index (χ1) is 8.09. The number of alkyl halides is 1. The summed E-state index contributed by atoms with van der Waals surface area (Å²) in [5.74, 6) is 1.09. The topological polar surface area (TPSA) is 33.5 Å². The molecule has 0 radical (unpaired) electrons. The third kappa shape index (κ3) is 2.65. The number of rotatable bonds is 2. The van der Waals surface area contributed by atoms with Crippen molar-refractivity contribution in [1.29, 1.82) is 0 Å². The Morgan fingerprint density at radius 2 is 2.12 bits per heavy atom. The van der Waals surface area contributed by atoms with E-state index in [0.717, 1.165) is 31.4 Å². The van der Waals surface area contributed by atoms with Gasteiger partial charge in [-0.25, -0.2) is 0 Å². The molecule has 1 saturated carbocycles. The van der Waals surface area contributed by atoms with E-state index >= 15 is 0 Å². The summed E-state index contributed by atoms with van der Waals surface area (Å²) in [7, 11) is 1.81. The highest BCUT2D eigenvalue weighted by Gasteiger charge is 2.30. The molecule has 0 N–H and O–H groups in total. The zero-order valence-electron chi connectivity index (χ0n) is 10.3. The lowest BCUT2D eigenvalue weighted by atomic mass is 9.94. The Kier molecular flexibility index (Phi) is 3.77. The highest BCUT2D eigenvalue weighted by Crippen LogP contribution is 2.27. The molecule has 0 spiro atoms. The first-order valence-corrected chi connectivity index (χ1v) is 6.51. The van der Waals surface area contributed by atoms with Gasteiger partial charge in [0.25, 0.3) is 5.91 Å². The monoisotopic (exact) mass is 255 g/mol. The average Bonchev–Trinajstić information content (AvgIpc) is 2.75. The molecular formula is C13H18ClNO2. The van der Waals surface area contributed by atoms with Gasteiger partial charge in [0, 0.05) is 13.1 Å². The van der Waals surface area contributed by atoms with E-state index in [2.05, 4.69) is 0 Å². The fourth-order valence-corrected chi connectivity index (χ4v) is 2.83. The van der Waals surface area contributed by atoms with Crippen LogP contribution < -0.4 is 0 Å². The maximum absolute atomic E-state index is 12.2. The number of halogens is 1. The van der Waals surface area contributed by atoms with Gasteiger partial charge in [-0.1, -0.05) is 12.8 Å². The number of aryl methyl sites for hydroxylation is 1. The van der Waals surface area contributed by atoms with Crippen molar-refractivity contribution in [2.45, 2.75) is 44.0 Å². The maximum Gasteiger partial charge on any atom is 0.289 e. The molecule has 1 fully saturated rings. The van der Waals surface area contributed by atoms with Crippen molar-refractivity contribution in [1.82, 2.24) is 4.90 Å². The van der Waals surface area contributed by atoms with Crippen molar-refractivity contribution in [3.63, 3.8) is 0 Å². The Morgan fingerprint density at radius 3 is 2.71 bits per heavy atom. The van der Waals surface area contributed by atoms with Crippen molar-refractivity contribution < 1.29 is 9.21 Å². The van der Waals surface area contributed by atoms with Crippen LogP contribution in [0.15, 0.2) is 16.5 Å². The van der Waals surface area contributed by atoms with E-state index in [9.17, 15) is 4.79 Å². The Hall–Kier alpha value is -0.960. The number of carbonyl (C=O) groups excluding carboxylic acids is 1. The Balaban J connectivity index is 2.08. The predicted octanol–water partition coefficient (Wildman–Crippen LogP) is 3.21. The Morgan fingerprint density at radius 1 is 1.41 bits per heavy atom. The molecule has 1 aliphatic carbocycles. The fourth-order valence-electron chi connectivity index (χ4n) is 2.38. The molecule has 0 aliphatic heterocycles. The van der Waals surface area contributed by atoms with E-state index < -0.39 is 0 Å². The third-order valence-corrected chi connectivity index (χ3v) is 3.93. The molecule has 2 atom stereocenters. The molecule has 4 heteroatoms. The van der Waals surface area contributed by atoms with Crippen LogP contribution in [0.5, 0.6) is 0 Å². The molecule has 1 aromatic heterocycles. The van der Waals surface area contributed by atoms with Gasteiger partial charge in [0.2, 0.25) is 0 Å². The third-order valence-electron chi connectivity index (χ3n) is 3.42. The predicted molar refractivity (Wildman–Crippen MR) is 67.4 cm³/mol. The summed E-state index contributed by atoms with van der Waals surface area (Å²) >= 11 is 6.29. The van der Waals surface area contributed by atoms with Crippen molar-refractivity contribution in [3.8, 4) is 0 Å². The van der Waals surface area contributed by atoms with E-state index in [0.29, 0.717) is 5.76 Å². The standard InChI is InChI=1S/C13H18ClNO2/c1-9-7-8-12(17-9)13(16)15(2)11-6-4-3-5-10(11)14/h7-8,10-11H,3-6H2,1-2H3. The number of amides is 1. The molecule has 2 unspecified atom stereocenters. The minimum atomic E-state index is -0.0735. The summed E-state index contributed by atoms with van der Waals surface area (Å²) in [6.45, 7) is 1.84. The Labute approximate surface area is 107 Å². The van der Waals surface area contributed by atoms with Gasteiger partial charge >= 0.3 is 0 Å². The molecule has 1 heterocycles. The number of furan rings is 1. The van der Waals surface area contributed by atoms with Crippen molar-refractivity contribution in [3.05, 3.63) is 23.7 Å². The number of hydrogen-bond acceptors (Lipinski definition) is 2. The molecule has 3 nitrogen and oxygen atoms in total. The van der Waals surface area contributed by atoms with Crippen LogP contribution in [-0.4, -0.2) is 29.3 Å². The number of hydrogen-bond donors (Lipinski definition) is 0. The van der Waals surface area contributed by atoms with Crippen LogP contribution in [0.4, 0.5) is 0 Å². The lowest BCUT2D eigenvalue weighted by molar-refractivity contribution is 0.0667. The normalized spacial score (nSPS) is 24.6. The average molecular weight is 256 g/mol. The van der Waals surface area contributed by atoms with Crippen molar-refractivity contribution >= 4 is 17.5 Å². The largest absolute Gasteiger partial charge is 0.456 e. The molecule has 17 heavy (non-hydrogen) atoms. The van der Waals surface area contributed by atoms with Crippen molar-refractivity contribution in [2.24, 2.45) is 0 Å². The van der Waals surface area contributed by atoms with Crippen LogP contribution in [0, 0.1) is 6.92 Å². The van der Waals surface area contributed by atoms with Gasteiger partial charge in [-0.3, -0.25) is 4.79 Å². The molecule has 94 valence electrons. The highest BCUT2D eigenvalue weighted by molar-refractivity contribution is 6.21. The summed E-state index contributed by atoms with van der Waals surface area (Å²) in [6.07, 6.45) is 4.27. The molecule has 0 saturated heterocycles. The van der Waals surface area contributed by atoms with Crippen LogP contribution in [0.3, 0.4) is 0 Å². The van der Waals surface area contributed by atoms with E-state index in [1.807, 2.05) is 14.0 Å². The molecule has 1 aliphatic rings. The maximum atomic E-state index is 12.2. The summed E-state index contributed by atoms with van der Waals surface area (Å²) < 4.78 is 5.36. The first-order valence-electron chi connectivity index (χ1n) is 6.07. The van der Waals surface area contributed by atoms with Gasteiger partial charge in [0.05, 0.1) is 5.38 Å². The summed E-state index contributed by atoms with van der Waals surface area (Å²) in [5, 5.41) is 0.0637. The van der Waals surface area contributed by atoms with Gasteiger partial charge in [0.15, 0.2) is 5.76 Å². The molecule has 1 amide bonds. The summed E-state index contributed by atoms with van der Waals surface area (Å²) in [6, 6.07) is 3.66. The summed E-state index contributed by atoms with van der Waals surface area (Å²) in [4.78, 5) is 13.9. The SMILES string of the molecule is Cc1ccc(C(=O)N(C)C2CCCCC2Cl)o1. The second-order valence-electron chi connectivity index (χ2n) is 4.69. The van der Waals surface area contributed by atoms with E-state index in [1.54, 1.807) is 17.0 Å². The lowest BCUT2D eigenvalue weighted by Crippen LogP contribution is -2.44. The second kappa shape index (κ2) is 5.13. The number of nitrogens with zero attached hydrogens (tertiary/aromatic N) is 1. The van der Waals surface area contributed by atoms with Gasteiger partial charge in [-0.05, 0) is 31.9 Å². The molecular weight excluding hydrogens is 238 g/mol. The van der Waals surface area contributed by atoms with Crippen molar-refractivity contribution in [2.75, 3.05) is 7.05 Å². The van der Waals surface area contributed by atoms with Crippen LogP contribution in [0.1, 0.15) is 42.0 Å². The van der Waals surface area contributed by atoms with Gasteiger partial charge in [-0.15, -0.1) is 11.6 Å². The lowest BCUT2D eigenvalue weighted by Gasteiger charge is -2.34. The van der Waals surface area contributed by atoms with E-state index in [1.165, 1.54) is 0 Å². The quantitative estimate of drug-likeness (QED) is 0.761. The van der Waals surface area contributed by atoms with Gasteiger partial charge in [-0.2, -0.15) is 0 Å². The second-order valence-corrected chi connectivity index (χ2v) is 5.25. The molecule has 1 aromatic rings. The minimum absolute atomic E-state index is 0.0637. The van der Waals surface area contributed by atoms with E-state index in [-0.39, 0.29) is 17.3 Å². The smallest absolute Gasteiger partial charge is 0.289 e. The minimum Gasteiger partial charge on any atom is -0.456 e. The molecule has 0 aromatic carbocycles. The van der Waals surface area contributed by atoms with Crippen LogP contribution in [0.25, 0.3) is 0 Å². The molecule has 0 bridgehead atoms. The van der Waals surface area contributed by atoms with Crippen LogP contribution in [0.2, 0.25) is 0 Å². The zero-order chi connectivity index (χ0) is 12.4. The van der Waals surface area contributed by atoms with E-state index in [4.69, 9.17) is 16.0 Å². The zero-order valence-corrected chi connectivity index (χ0v) is 11.0. The first kappa shape index (κ1) is 12.5. The Bertz CT molecular complexity index is 402. The van der Waals surface area contributed by atoms with Gasteiger partial charge < -0.3 is 9.32 Å². The highest BCUT2D eigenvalue weighted by atomic mass is 35.5. The molecule has 2 rings (SSSR count). The van der Waals surface area contributed by atoms with Gasteiger partial charge in [0.1, 0.15) is 5.76 Å². The van der Waals surface area contributed by atoms with Crippen LogP contribution >= 0.6 is 11.6 Å².